The van der Waals surface area contributed by atoms with Crippen molar-refractivity contribution in [1.29, 1.82) is 0 Å². The van der Waals surface area contributed by atoms with Gasteiger partial charge in [-0.05, 0) is 25.1 Å². The second kappa shape index (κ2) is 6.21. The van der Waals surface area contributed by atoms with Gasteiger partial charge in [0.05, 0.1) is 12.2 Å². The highest BCUT2D eigenvalue weighted by Crippen LogP contribution is 2.12. The van der Waals surface area contributed by atoms with Crippen LogP contribution in [0.1, 0.15) is 34.6 Å². The highest BCUT2D eigenvalue weighted by Gasteiger charge is 2.10. The van der Waals surface area contributed by atoms with Crippen molar-refractivity contribution in [2.45, 2.75) is 27.3 Å². The fourth-order valence-corrected chi connectivity index (χ4v) is 1.94. The van der Waals surface area contributed by atoms with Crippen LogP contribution in [0.15, 0.2) is 28.7 Å². The van der Waals surface area contributed by atoms with Crippen LogP contribution in [0, 0.1) is 13.8 Å². The van der Waals surface area contributed by atoms with Crippen molar-refractivity contribution in [3.63, 3.8) is 0 Å². The third-order valence-corrected chi connectivity index (χ3v) is 2.85. The molecule has 21 heavy (non-hydrogen) atoms. The van der Waals surface area contributed by atoms with E-state index in [9.17, 15) is 9.59 Å². The summed E-state index contributed by atoms with van der Waals surface area (Å²) < 4.78 is 5.39. The largest absolute Gasteiger partial charge is 0.444 e. The van der Waals surface area contributed by atoms with Gasteiger partial charge in [0.2, 0.25) is 5.91 Å². The topological polar surface area (TPSA) is 84.2 Å². The molecule has 0 radical (unpaired) electrons. The van der Waals surface area contributed by atoms with E-state index in [2.05, 4.69) is 15.6 Å². The quantitative estimate of drug-likeness (QED) is 0.902. The van der Waals surface area contributed by atoms with Gasteiger partial charge in [0.25, 0.3) is 5.91 Å². The van der Waals surface area contributed by atoms with Crippen molar-refractivity contribution in [2.24, 2.45) is 0 Å². The van der Waals surface area contributed by atoms with E-state index in [1.165, 1.54) is 6.92 Å². The van der Waals surface area contributed by atoms with Gasteiger partial charge in [-0.15, -0.1) is 0 Å². The number of nitrogens with one attached hydrogen (secondary N) is 2. The van der Waals surface area contributed by atoms with Crippen LogP contribution in [0.25, 0.3) is 0 Å². The van der Waals surface area contributed by atoms with E-state index in [1.807, 2.05) is 6.92 Å². The molecule has 0 aliphatic carbocycles. The van der Waals surface area contributed by atoms with Crippen molar-refractivity contribution in [2.75, 3.05) is 5.32 Å². The molecule has 1 aromatic heterocycles. The maximum Gasteiger partial charge on any atom is 0.251 e. The highest BCUT2D eigenvalue weighted by molar-refractivity contribution is 5.96. The van der Waals surface area contributed by atoms with Crippen molar-refractivity contribution >= 4 is 17.5 Å². The Hall–Kier alpha value is -2.63. The van der Waals surface area contributed by atoms with Crippen LogP contribution < -0.4 is 10.6 Å². The predicted molar refractivity (Wildman–Crippen MR) is 77.9 cm³/mol. The van der Waals surface area contributed by atoms with Gasteiger partial charge in [-0.2, -0.15) is 0 Å². The number of amides is 2. The van der Waals surface area contributed by atoms with Gasteiger partial charge in [0, 0.05) is 25.1 Å². The molecular formula is C15H17N3O3. The van der Waals surface area contributed by atoms with Gasteiger partial charge < -0.3 is 15.1 Å². The molecular weight excluding hydrogens is 270 g/mol. The van der Waals surface area contributed by atoms with Crippen LogP contribution in [-0.2, 0) is 11.3 Å². The Kier molecular flexibility index (Phi) is 4.37. The molecule has 0 atom stereocenters. The minimum atomic E-state index is -0.240. The smallest absolute Gasteiger partial charge is 0.251 e. The number of rotatable bonds is 4. The van der Waals surface area contributed by atoms with Gasteiger partial charge in [0.15, 0.2) is 5.89 Å². The molecule has 110 valence electrons. The molecule has 2 N–H and O–H groups in total. The summed E-state index contributed by atoms with van der Waals surface area (Å²) in [4.78, 5) is 27.2. The van der Waals surface area contributed by atoms with Gasteiger partial charge in [-0.25, -0.2) is 4.98 Å². The maximum atomic E-state index is 12.1. The van der Waals surface area contributed by atoms with Gasteiger partial charge in [0.1, 0.15) is 5.76 Å². The Morgan fingerprint density at radius 2 is 2.05 bits per heavy atom. The fraction of sp³-hybridized carbons (Fsp3) is 0.267. The predicted octanol–water partition coefficient (Wildman–Crippen LogP) is 2.18. The molecule has 6 nitrogen and oxygen atoms in total. The molecule has 0 aliphatic heterocycles. The van der Waals surface area contributed by atoms with Crippen LogP contribution in [-0.4, -0.2) is 16.8 Å². The lowest BCUT2D eigenvalue weighted by atomic mass is 10.2. The molecule has 1 aromatic carbocycles. The number of anilines is 1. The zero-order valence-electron chi connectivity index (χ0n) is 12.2. The average molecular weight is 287 g/mol. The van der Waals surface area contributed by atoms with Crippen molar-refractivity contribution in [3.05, 3.63) is 47.2 Å². The van der Waals surface area contributed by atoms with Crippen LogP contribution in [0.4, 0.5) is 5.69 Å². The summed E-state index contributed by atoms with van der Waals surface area (Å²) in [6.45, 7) is 5.28. The number of carbonyl (C=O) groups is 2. The Balaban J connectivity index is 2.03. The average Bonchev–Trinajstić information content (AvgIpc) is 2.74. The first-order chi connectivity index (χ1) is 9.95. The van der Waals surface area contributed by atoms with E-state index >= 15 is 0 Å². The normalized spacial score (nSPS) is 10.2. The van der Waals surface area contributed by atoms with Gasteiger partial charge in [-0.1, -0.05) is 6.07 Å². The molecule has 0 bridgehead atoms. The number of aromatic nitrogens is 1. The number of oxazole rings is 1. The molecule has 0 spiro atoms. The van der Waals surface area contributed by atoms with Crippen LogP contribution in [0.5, 0.6) is 0 Å². The van der Waals surface area contributed by atoms with Crippen LogP contribution in [0.3, 0.4) is 0 Å². The minimum Gasteiger partial charge on any atom is -0.444 e. The zero-order valence-corrected chi connectivity index (χ0v) is 12.2. The molecule has 0 unspecified atom stereocenters. The second-order valence-electron chi connectivity index (χ2n) is 4.69. The van der Waals surface area contributed by atoms with E-state index < -0.39 is 0 Å². The summed E-state index contributed by atoms with van der Waals surface area (Å²) in [6.07, 6.45) is 0. The summed E-state index contributed by atoms with van der Waals surface area (Å²) in [5, 5.41) is 5.40. The lowest BCUT2D eigenvalue weighted by Crippen LogP contribution is -2.23. The van der Waals surface area contributed by atoms with Crippen molar-refractivity contribution < 1.29 is 14.0 Å². The molecule has 1 heterocycles. The first-order valence-electron chi connectivity index (χ1n) is 6.54. The minimum absolute atomic E-state index is 0.180. The Morgan fingerprint density at radius 1 is 1.29 bits per heavy atom. The standard InChI is InChI=1S/C15H17N3O3/c1-9-14(21-11(3)17-9)8-16-15(20)12-5-4-6-13(7-12)18-10(2)19/h4-7H,8H2,1-3H3,(H,16,20)(H,18,19). The van der Waals surface area contributed by atoms with Crippen molar-refractivity contribution in [3.8, 4) is 0 Å². The number of aryl methyl sites for hydroxylation is 2. The summed E-state index contributed by atoms with van der Waals surface area (Å²) in [6, 6.07) is 6.74. The van der Waals surface area contributed by atoms with Crippen LogP contribution in [0.2, 0.25) is 0 Å². The number of hydrogen-bond acceptors (Lipinski definition) is 4. The molecule has 2 amide bonds. The number of hydrogen-bond donors (Lipinski definition) is 2. The summed E-state index contributed by atoms with van der Waals surface area (Å²) >= 11 is 0. The van der Waals surface area contributed by atoms with Crippen molar-refractivity contribution in [1.82, 2.24) is 10.3 Å². The van der Waals surface area contributed by atoms with E-state index in [0.29, 0.717) is 22.9 Å². The third-order valence-electron chi connectivity index (χ3n) is 2.85. The lowest BCUT2D eigenvalue weighted by molar-refractivity contribution is -0.114. The number of carbonyl (C=O) groups excluding carboxylic acids is 2. The third kappa shape index (κ3) is 3.92. The van der Waals surface area contributed by atoms with Crippen LogP contribution >= 0.6 is 0 Å². The molecule has 0 saturated carbocycles. The highest BCUT2D eigenvalue weighted by atomic mass is 16.4. The first kappa shape index (κ1) is 14.8. The van der Waals surface area contributed by atoms with E-state index in [-0.39, 0.29) is 18.4 Å². The van der Waals surface area contributed by atoms with E-state index in [1.54, 1.807) is 31.2 Å². The zero-order chi connectivity index (χ0) is 15.4. The Labute approximate surface area is 122 Å². The number of benzene rings is 1. The van der Waals surface area contributed by atoms with E-state index in [0.717, 1.165) is 5.69 Å². The second-order valence-corrected chi connectivity index (χ2v) is 4.69. The fourth-order valence-electron chi connectivity index (χ4n) is 1.94. The van der Waals surface area contributed by atoms with E-state index in [4.69, 9.17) is 4.42 Å². The molecule has 0 aliphatic rings. The van der Waals surface area contributed by atoms with Gasteiger partial charge >= 0.3 is 0 Å². The molecule has 2 aromatic rings. The first-order valence-corrected chi connectivity index (χ1v) is 6.54. The molecule has 2 rings (SSSR count). The van der Waals surface area contributed by atoms with Gasteiger partial charge in [-0.3, -0.25) is 9.59 Å². The Bertz CT molecular complexity index is 677. The monoisotopic (exact) mass is 287 g/mol. The molecule has 0 fully saturated rings. The maximum absolute atomic E-state index is 12.1. The molecule has 0 saturated heterocycles. The Morgan fingerprint density at radius 3 is 2.67 bits per heavy atom. The summed E-state index contributed by atoms with van der Waals surface area (Å²) in [5.41, 5.74) is 1.82. The molecule has 6 heteroatoms. The number of nitrogens with zero attached hydrogens (tertiary/aromatic N) is 1. The summed E-state index contributed by atoms with van der Waals surface area (Å²) in [5.74, 6) is 0.791. The SMILES string of the molecule is CC(=O)Nc1cccc(C(=O)NCc2oc(C)nc2C)c1. The lowest BCUT2D eigenvalue weighted by Gasteiger charge is -2.06. The summed E-state index contributed by atoms with van der Waals surface area (Å²) in [7, 11) is 0.